The summed E-state index contributed by atoms with van der Waals surface area (Å²) in [6.45, 7) is 0. The van der Waals surface area contributed by atoms with Crippen molar-refractivity contribution in [1.82, 2.24) is 4.98 Å². The lowest BCUT2D eigenvalue weighted by atomic mass is 10.2. The van der Waals surface area contributed by atoms with Crippen molar-refractivity contribution in [2.24, 2.45) is 5.10 Å². The summed E-state index contributed by atoms with van der Waals surface area (Å²) < 4.78 is 1.13. The van der Waals surface area contributed by atoms with Gasteiger partial charge in [0.15, 0.2) is 0 Å². The van der Waals surface area contributed by atoms with Crippen LogP contribution in [-0.4, -0.2) is 16.1 Å². The smallest absolute Gasteiger partial charge is 0.258 e. The number of anilines is 1. The Morgan fingerprint density at radius 2 is 2.05 bits per heavy atom. The Hall–Kier alpha value is -2.03. The normalized spacial score (nSPS) is 10.6. The molecule has 0 saturated heterocycles. The Bertz CT molecular complexity index is 613. The van der Waals surface area contributed by atoms with Crippen molar-refractivity contribution in [3.63, 3.8) is 0 Å². The van der Waals surface area contributed by atoms with E-state index in [-0.39, 0.29) is 11.5 Å². The van der Waals surface area contributed by atoms with E-state index in [1.54, 1.807) is 6.21 Å². The van der Waals surface area contributed by atoms with Gasteiger partial charge in [-0.3, -0.25) is 15.5 Å². The fraction of sp³-hybridized carbons (Fsp3) is 0. The first-order valence-electron chi connectivity index (χ1n) is 5.31. The average molecular weight is 368 g/mol. The Kier molecular flexibility index (Phi) is 4.39. The monoisotopic (exact) mass is 368 g/mol. The highest BCUT2D eigenvalue weighted by Crippen LogP contribution is 2.19. The van der Waals surface area contributed by atoms with Gasteiger partial charge in [-0.2, -0.15) is 5.10 Å². The van der Waals surface area contributed by atoms with Crippen molar-refractivity contribution < 1.29 is 4.92 Å². The largest absolute Gasteiger partial charge is 0.313 e. The van der Waals surface area contributed by atoms with Crippen LogP contribution in [0.2, 0.25) is 0 Å². The number of benzene rings is 1. The van der Waals surface area contributed by atoms with Gasteiger partial charge in [0, 0.05) is 15.8 Å². The van der Waals surface area contributed by atoms with Crippen LogP contribution in [0.25, 0.3) is 0 Å². The summed E-state index contributed by atoms with van der Waals surface area (Å²) in [5, 5.41) is 14.7. The number of halogens is 1. The molecule has 2 aromatic rings. The molecule has 0 atom stereocenters. The number of hydrazone groups is 1. The maximum Gasteiger partial charge on any atom is 0.313 e. The van der Waals surface area contributed by atoms with Crippen LogP contribution >= 0.6 is 22.6 Å². The number of rotatable bonds is 4. The zero-order valence-electron chi connectivity index (χ0n) is 9.65. The first kappa shape index (κ1) is 13.4. The molecule has 0 saturated carbocycles. The van der Waals surface area contributed by atoms with Crippen LogP contribution in [0.5, 0.6) is 0 Å². The molecule has 0 amide bonds. The van der Waals surface area contributed by atoms with Gasteiger partial charge < -0.3 is 0 Å². The van der Waals surface area contributed by atoms with Crippen molar-refractivity contribution in [3.05, 3.63) is 61.8 Å². The van der Waals surface area contributed by atoms with Crippen molar-refractivity contribution in [1.29, 1.82) is 0 Å². The predicted octanol–water partition coefficient (Wildman–Crippen LogP) is 3.04. The first-order chi connectivity index (χ1) is 9.16. The summed E-state index contributed by atoms with van der Waals surface area (Å²) in [5.74, 6) is 0.120. The second kappa shape index (κ2) is 6.23. The zero-order chi connectivity index (χ0) is 13.7. The number of nitro groups is 1. The molecule has 0 spiro atoms. The minimum Gasteiger partial charge on any atom is -0.258 e. The average Bonchev–Trinajstić information content (AvgIpc) is 2.41. The molecule has 6 nitrogen and oxygen atoms in total. The van der Waals surface area contributed by atoms with Crippen LogP contribution in [-0.2, 0) is 0 Å². The van der Waals surface area contributed by atoms with E-state index in [4.69, 9.17) is 0 Å². The molecule has 2 rings (SSSR count). The Balaban J connectivity index is 2.10. The third-order valence-electron chi connectivity index (χ3n) is 2.24. The fourth-order valence-electron chi connectivity index (χ4n) is 1.35. The highest BCUT2D eigenvalue weighted by atomic mass is 127. The quantitative estimate of drug-likeness (QED) is 0.389. The van der Waals surface area contributed by atoms with Gasteiger partial charge >= 0.3 is 5.69 Å². The number of nitrogens with one attached hydrogen (secondary N) is 1. The van der Waals surface area contributed by atoms with Gasteiger partial charge in [0.05, 0.1) is 11.1 Å². The molecule has 0 aliphatic carbocycles. The summed E-state index contributed by atoms with van der Waals surface area (Å²) >= 11 is 2.21. The minimum atomic E-state index is -0.504. The molecule has 0 fully saturated rings. The van der Waals surface area contributed by atoms with E-state index >= 15 is 0 Å². The predicted molar refractivity (Wildman–Crippen MR) is 81.3 cm³/mol. The van der Waals surface area contributed by atoms with Gasteiger partial charge in [0.2, 0.25) is 5.82 Å². The highest BCUT2D eigenvalue weighted by Gasteiger charge is 2.12. The van der Waals surface area contributed by atoms with Crippen LogP contribution in [0.1, 0.15) is 5.56 Å². The van der Waals surface area contributed by atoms with Crippen LogP contribution in [0.3, 0.4) is 0 Å². The maximum atomic E-state index is 10.8. The van der Waals surface area contributed by atoms with E-state index < -0.39 is 4.92 Å². The molecular weight excluding hydrogens is 359 g/mol. The number of hydrogen-bond donors (Lipinski definition) is 1. The van der Waals surface area contributed by atoms with Gasteiger partial charge in [-0.15, -0.1) is 0 Å². The number of hydrogen-bond acceptors (Lipinski definition) is 5. The molecular formula is C12H9IN4O2. The summed E-state index contributed by atoms with van der Waals surface area (Å²) in [7, 11) is 0. The van der Waals surface area contributed by atoms with Crippen molar-refractivity contribution in [3.8, 4) is 0 Å². The minimum absolute atomic E-state index is 0.109. The SMILES string of the molecule is O=[N+]([O-])c1cccnc1N/N=C/c1ccc(I)cc1. The van der Waals surface area contributed by atoms with E-state index in [1.807, 2.05) is 24.3 Å². The fourth-order valence-corrected chi connectivity index (χ4v) is 1.71. The van der Waals surface area contributed by atoms with Crippen LogP contribution in [0.4, 0.5) is 11.5 Å². The van der Waals surface area contributed by atoms with E-state index in [2.05, 4.69) is 38.1 Å². The number of aromatic nitrogens is 1. The molecule has 0 unspecified atom stereocenters. The molecule has 0 aliphatic heterocycles. The summed E-state index contributed by atoms with van der Waals surface area (Å²) in [6.07, 6.45) is 3.05. The zero-order valence-corrected chi connectivity index (χ0v) is 11.8. The first-order valence-corrected chi connectivity index (χ1v) is 6.39. The van der Waals surface area contributed by atoms with Crippen molar-refractivity contribution >= 4 is 40.3 Å². The van der Waals surface area contributed by atoms with Crippen molar-refractivity contribution in [2.45, 2.75) is 0 Å². The summed E-state index contributed by atoms with van der Waals surface area (Å²) in [5.41, 5.74) is 3.36. The highest BCUT2D eigenvalue weighted by molar-refractivity contribution is 14.1. The Morgan fingerprint density at radius 3 is 2.74 bits per heavy atom. The molecule has 0 bridgehead atoms. The van der Waals surface area contributed by atoms with E-state index in [9.17, 15) is 10.1 Å². The van der Waals surface area contributed by atoms with E-state index in [1.165, 1.54) is 18.3 Å². The maximum absolute atomic E-state index is 10.8. The van der Waals surface area contributed by atoms with Crippen LogP contribution in [0, 0.1) is 13.7 Å². The number of nitrogens with zero attached hydrogens (tertiary/aromatic N) is 3. The Morgan fingerprint density at radius 1 is 1.32 bits per heavy atom. The van der Waals surface area contributed by atoms with Gasteiger partial charge in [0.1, 0.15) is 0 Å². The lowest BCUT2D eigenvalue weighted by Gasteiger charge is -1.99. The van der Waals surface area contributed by atoms with Gasteiger partial charge in [0.25, 0.3) is 0 Å². The second-order valence-electron chi connectivity index (χ2n) is 3.55. The second-order valence-corrected chi connectivity index (χ2v) is 4.80. The molecule has 96 valence electrons. The standard InChI is InChI=1S/C12H9IN4O2/c13-10-5-3-9(4-6-10)8-15-16-12-11(17(18)19)2-1-7-14-12/h1-8H,(H,14,16)/b15-8+. The molecule has 0 radical (unpaired) electrons. The van der Waals surface area contributed by atoms with E-state index in [0.29, 0.717) is 0 Å². The lowest BCUT2D eigenvalue weighted by molar-refractivity contribution is -0.384. The topological polar surface area (TPSA) is 80.4 Å². The third kappa shape index (κ3) is 3.71. The van der Waals surface area contributed by atoms with Gasteiger partial charge in [-0.25, -0.2) is 4.98 Å². The van der Waals surface area contributed by atoms with Gasteiger partial charge in [-0.1, -0.05) is 12.1 Å². The van der Waals surface area contributed by atoms with Crippen LogP contribution in [0.15, 0.2) is 47.7 Å². The molecule has 19 heavy (non-hydrogen) atoms. The third-order valence-corrected chi connectivity index (χ3v) is 2.96. The molecule has 0 aliphatic rings. The number of pyridine rings is 1. The Labute approximate surface area is 122 Å². The molecule has 1 aromatic heterocycles. The molecule has 1 aromatic carbocycles. The van der Waals surface area contributed by atoms with Gasteiger partial charge in [-0.05, 0) is 46.4 Å². The van der Waals surface area contributed by atoms with Crippen molar-refractivity contribution in [2.75, 3.05) is 5.43 Å². The van der Waals surface area contributed by atoms with E-state index in [0.717, 1.165) is 9.13 Å². The summed E-state index contributed by atoms with van der Waals surface area (Å²) in [4.78, 5) is 14.1. The molecule has 1 heterocycles. The molecule has 7 heteroatoms. The van der Waals surface area contributed by atoms with Crippen LogP contribution < -0.4 is 5.43 Å². The summed E-state index contributed by atoms with van der Waals surface area (Å²) in [6, 6.07) is 10.6. The molecule has 1 N–H and O–H groups in total. The lowest BCUT2D eigenvalue weighted by Crippen LogP contribution is -1.98.